The Morgan fingerprint density at radius 2 is 1.29 bits per heavy atom. The molecular formula is C22H38N7NaO10Pt-4. The molecule has 0 aromatic heterocycles. The Bertz CT molecular complexity index is 837. The Morgan fingerprint density at radius 1 is 0.805 bits per heavy atom. The van der Waals surface area contributed by atoms with Crippen LogP contribution in [-0.2, 0) is 59.4 Å². The standard InChI is InChI=1S/C22H34N5O9.2H2N.Na.H2O.Pt/c1-3-4-5-6-7-15(14(2)29)26-18(31)9-8-17(30)23-10-19(32)24-11-20(33)25-12-21(34)27-16(13-28)22(35)36;;;;;/h15-16H,3-12H2,1-2H3,(H6,23,24,25,26,27,30,31,32,33,34,35,36);2*1H2;;1H2;/q3*-1;+1;;/p-2. The molecule has 5 amide bonds. The Morgan fingerprint density at radius 3 is 1.76 bits per heavy atom. The molecule has 0 aliphatic heterocycles. The zero-order valence-corrected chi connectivity index (χ0v) is 27.6. The number of nitrogens with two attached hydrogens (primary N) is 2. The van der Waals surface area contributed by atoms with Gasteiger partial charge in [-0.25, -0.2) is 0 Å². The number of carbonyl (C=O) groups excluding carboxylic acids is 7. The number of unbranched alkanes of at least 4 members (excludes halogenated alkanes) is 3. The third-order valence-corrected chi connectivity index (χ3v) is 4.70. The van der Waals surface area contributed by atoms with Crippen molar-refractivity contribution in [1.29, 1.82) is 0 Å². The van der Waals surface area contributed by atoms with Gasteiger partial charge in [0.25, 0.3) is 5.97 Å². The molecule has 0 rings (SSSR count). The van der Waals surface area contributed by atoms with Crippen LogP contribution in [0, 0.1) is 0 Å². The second kappa shape index (κ2) is 30.7. The number of hydrogen-bond donors (Lipinski definition) is 5. The normalized spacial score (nSPS) is 10.4. The van der Waals surface area contributed by atoms with Crippen LogP contribution in [0.3, 0.4) is 0 Å². The summed E-state index contributed by atoms with van der Waals surface area (Å²) in [6, 6.07) is -2.59. The Hall–Kier alpha value is -2.27. The molecule has 17 nitrogen and oxygen atoms in total. The molecule has 0 heterocycles. The van der Waals surface area contributed by atoms with Gasteiger partial charge in [0.1, 0.15) is 0 Å². The number of hydrogen-bond acceptors (Lipinski definition) is 9. The van der Waals surface area contributed by atoms with Crippen molar-refractivity contribution in [2.45, 2.75) is 70.9 Å². The van der Waals surface area contributed by atoms with Gasteiger partial charge in [0.2, 0.25) is 23.6 Å². The van der Waals surface area contributed by atoms with E-state index in [1.807, 2.05) is 0 Å². The molecule has 0 saturated carbocycles. The minimum Gasteiger partial charge on any atom is -0.870 e. The van der Waals surface area contributed by atoms with Gasteiger partial charge in [0.05, 0.1) is 31.6 Å². The van der Waals surface area contributed by atoms with Crippen LogP contribution in [0.25, 0.3) is 17.6 Å². The molecule has 236 valence electrons. The maximum absolute atomic E-state index is 12.0. The van der Waals surface area contributed by atoms with Crippen LogP contribution in [0.15, 0.2) is 0 Å². The molecule has 2 unspecified atom stereocenters. The molecule has 10 N–H and O–H groups in total. The van der Waals surface area contributed by atoms with Crippen LogP contribution in [0.5, 0.6) is 0 Å². The Balaban J connectivity index is -0.000000612. The first kappa shape index (κ1) is 51.5. The predicted octanol–water partition coefficient (Wildman–Crippen LogP) is -3.12. The van der Waals surface area contributed by atoms with Gasteiger partial charge in [-0.2, -0.15) is 0 Å². The summed E-state index contributed by atoms with van der Waals surface area (Å²) in [5.74, 6) is -5.46. The van der Waals surface area contributed by atoms with Gasteiger partial charge in [-0.3, -0.25) is 35.1 Å². The van der Waals surface area contributed by atoms with E-state index < -0.39 is 67.2 Å². The van der Waals surface area contributed by atoms with Gasteiger partial charge in [0.15, 0.2) is 5.78 Å². The maximum atomic E-state index is 12.0. The molecule has 0 saturated heterocycles. The van der Waals surface area contributed by atoms with Crippen molar-refractivity contribution in [3.05, 3.63) is 17.6 Å². The van der Waals surface area contributed by atoms with E-state index in [0.717, 1.165) is 32.0 Å². The van der Waals surface area contributed by atoms with Crippen molar-refractivity contribution in [3.63, 3.8) is 0 Å². The Labute approximate surface area is 275 Å². The van der Waals surface area contributed by atoms with Crippen LogP contribution in [0.1, 0.15) is 58.8 Å². The molecule has 41 heavy (non-hydrogen) atoms. The van der Waals surface area contributed by atoms with Crippen molar-refractivity contribution in [3.8, 4) is 0 Å². The molecular weight excluding hydrogens is 740 g/mol. The van der Waals surface area contributed by atoms with Crippen molar-refractivity contribution in [2.75, 3.05) is 19.6 Å². The molecule has 19 heteroatoms. The van der Waals surface area contributed by atoms with E-state index in [-0.39, 0.29) is 87.0 Å². The fraction of sp³-hybridized carbons (Fsp3) is 0.636. The molecule has 2 atom stereocenters. The van der Waals surface area contributed by atoms with Crippen LogP contribution in [0.4, 0.5) is 0 Å². The monoisotopic (exact) mass is 778 g/mol. The summed E-state index contributed by atoms with van der Waals surface area (Å²) >= 11 is 0. The average molecular weight is 779 g/mol. The molecule has 0 fully saturated rings. The van der Waals surface area contributed by atoms with Crippen LogP contribution in [0.2, 0.25) is 0 Å². The summed E-state index contributed by atoms with van der Waals surface area (Å²) in [4.78, 5) is 91.3. The SMILES string of the molecule is CCCCCCC(NC(=O)CCC(=O)NCC(=O)NCC(=O)NCC(=O)[N-]C([C-]=O)C(=O)O)C(C)=O.[NH2-].[NH2-].[Na+].[OH-].[Pt]. The van der Waals surface area contributed by atoms with E-state index in [4.69, 9.17) is 5.11 Å². The predicted molar refractivity (Wildman–Crippen MR) is 138 cm³/mol. The molecule has 0 aliphatic carbocycles. The summed E-state index contributed by atoms with van der Waals surface area (Å²) in [7, 11) is 0. The number of Topliss-reactive ketones (excluding diaryl/α,β-unsaturated/α-hetero) is 1. The number of rotatable bonds is 19. The zero-order valence-electron chi connectivity index (χ0n) is 23.3. The van der Waals surface area contributed by atoms with E-state index in [2.05, 4.69) is 33.5 Å². The third-order valence-electron chi connectivity index (χ3n) is 4.70. The van der Waals surface area contributed by atoms with E-state index in [1.54, 1.807) is 0 Å². The minimum atomic E-state index is -1.99. The number of aliphatic carboxylic acids is 1. The first-order valence-corrected chi connectivity index (χ1v) is 11.4. The van der Waals surface area contributed by atoms with E-state index in [1.165, 1.54) is 6.92 Å². The summed E-state index contributed by atoms with van der Waals surface area (Å²) in [6.45, 7) is 1.76. The molecule has 0 aromatic rings. The number of nitrogens with zero attached hydrogens (tertiary/aromatic N) is 1. The van der Waals surface area contributed by atoms with E-state index >= 15 is 0 Å². The summed E-state index contributed by atoms with van der Waals surface area (Å²) < 4.78 is 0. The fourth-order valence-electron chi connectivity index (χ4n) is 2.71. The van der Waals surface area contributed by atoms with Crippen molar-refractivity contribution in [1.82, 2.24) is 21.3 Å². The second-order valence-electron chi connectivity index (χ2n) is 7.79. The van der Waals surface area contributed by atoms with Gasteiger partial charge >= 0.3 is 29.6 Å². The first-order valence-electron chi connectivity index (χ1n) is 11.4. The van der Waals surface area contributed by atoms with Crippen LogP contribution < -0.4 is 50.8 Å². The number of nitrogens with one attached hydrogen (secondary N) is 4. The van der Waals surface area contributed by atoms with E-state index in [9.17, 15) is 38.4 Å². The third kappa shape index (κ3) is 27.7. The quantitative estimate of drug-likeness (QED) is 0.0380. The topological polar surface area (TPSA) is 316 Å². The first-order chi connectivity index (χ1) is 17.0. The van der Waals surface area contributed by atoms with Crippen LogP contribution >= 0.6 is 0 Å². The molecule has 0 aliphatic rings. The van der Waals surface area contributed by atoms with Gasteiger partial charge in [-0.1, -0.05) is 32.6 Å². The maximum Gasteiger partial charge on any atom is 1.00 e. The largest absolute Gasteiger partial charge is 1.00 e. The number of ketones is 1. The number of carbonyl (C=O) groups is 7. The van der Waals surface area contributed by atoms with Gasteiger partial charge in [-0.05, 0) is 13.3 Å². The van der Waals surface area contributed by atoms with E-state index in [0.29, 0.717) is 6.42 Å². The summed E-state index contributed by atoms with van der Waals surface area (Å²) in [5.41, 5.74) is 0. The minimum absolute atomic E-state index is 0. The van der Waals surface area contributed by atoms with Gasteiger partial charge in [-0.15, -0.1) is 6.04 Å². The molecule has 0 spiro atoms. The summed E-state index contributed by atoms with van der Waals surface area (Å²) in [6.07, 6.45) is 5.07. The van der Waals surface area contributed by atoms with Crippen molar-refractivity contribution < 1.29 is 99.6 Å². The summed E-state index contributed by atoms with van der Waals surface area (Å²) in [5, 5.41) is 20.8. The average Bonchev–Trinajstić information content (AvgIpc) is 2.83. The Kier molecular flexibility index (Phi) is 38.5. The van der Waals surface area contributed by atoms with Gasteiger partial charge in [0, 0.05) is 33.9 Å². The van der Waals surface area contributed by atoms with Crippen molar-refractivity contribution in [2.24, 2.45) is 0 Å². The smallest absolute Gasteiger partial charge is 0.870 e. The van der Waals surface area contributed by atoms with Crippen LogP contribution in [-0.4, -0.2) is 89.9 Å². The molecule has 0 aromatic carbocycles. The number of amides is 5. The number of carboxylic acid groups (broad SMARTS) is 1. The second-order valence-corrected chi connectivity index (χ2v) is 7.79. The molecule has 0 bridgehead atoms. The molecule has 0 radical (unpaired) electrons. The van der Waals surface area contributed by atoms with Gasteiger partial charge < -0.3 is 59.1 Å². The number of carboxylic acids is 1. The fourth-order valence-corrected chi connectivity index (χ4v) is 2.71. The van der Waals surface area contributed by atoms with Crippen molar-refractivity contribution >= 4 is 47.6 Å². The zero-order chi connectivity index (χ0) is 27.5.